The second-order valence-corrected chi connectivity index (χ2v) is 7.38. The average molecular weight is 342 g/mol. The van der Waals surface area contributed by atoms with Crippen LogP contribution in [0.25, 0.3) is 26.4 Å². The van der Waals surface area contributed by atoms with Crippen molar-refractivity contribution >= 4 is 38.2 Å². The Labute approximate surface area is 144 Å². The Hall–Kier alpha value is -1.85. The highest BCUT2D eigenvalue weighted by Crippen LogP contribution is 2.35. The zero-order valence-corrected chi connectivity index (χ0v) is 15.1. The van der Waals surface area contributed by atoms with Gasteiger partial charge in [-0.05, 0) is 31.4 Å². The molecule has 0 aliphatic rings. The molecule has 1 N–H and O–H groups in total. The maximum Gasteiger partial charge on any atom is 0.107 e. The summed E-state index contributed by atoms with van der Waals surface area (Å²) in [4.78, 5) is 13.5. The number of aromatic nitrogens is 3. The fraction of sp³-hybridized carbons (Fsp3) is 0.222. The lowest BCUT2D eigenvalue weighted by atomic mass is 10.1. The zero-order chi connectivity index (χ0) is 16.4. The summed E-state index contributed by atoms with van der Waals surface area (Å²) >= 11 is 3.29. The molecule has 0 aliphatic carbocycles. The van der Waals surface area contributed by atoms with Crippen molar-refractivity contribution in [3.63, 3.8) is 0 Å². The monoisotopic (exact) mass is 341 g/mol. The van der Waals surface area contributed by atoms with Crippen molar-refractivity contribution in [1.82, 2.24) is 15.0 Å². The van der Waals surface area contributed by atoms with Crippen LogP contribution in [0.4, 0.5) is 0 Å². The van der Waals surface area contributed by atoms with E-state index in [1.807, 2.05) is 5.51 Å². The van der Waals surface area contributed by atoms with Crippen molar-refractivity contribution in [2.75, 3.05) is 0 Å². The number of imidazole rings is 1. The molecule has 3 nitrogen and oxygen atoms in total. The first kappa shape index (κ1) is 16.0. The maximum atomic E-state index is 4.77. The summed E-state index contributed by atoms with van der Waals surface area (Å²) < 4.78 is 1.18. The third kappa shape index (κ3) is 3.41. The molecular formula is C18H19N3S2. The molecule has 2 heterocycles. The third-order valence-corrected chi connectivity index (χ3v) is 5.28. The van der Waals surface area contributed by atoms with Crippen LogP contribution < -0.4 is 0 Å². The lowest BCUT2D eigenvalue weighted by Crippen LogP contribution is -1.85. The number of H-pyrrole nitrogens is 1. The molecule has 3 aromatic rings. The summed E-state index contributed by atoms with van der Waals surface area (Å²) in [6.07, 6.45) is 0.871. The van der Waals surface area contributed by atoms with Crippen LogP contribution in [0, 0.1) is 0 Å². The van der Waals surface area contributed by atoms with E-state index in [0.717, 1.165) is 39.6 Å². The first-order chi connectivity index (χ1) is 11.1. The van der Waals surface area contributed by atoms with Gasteiger partial charge in [0, 0.05) is 16.9 Å². The van der Waals surface area contributed by atoms with Crippen molar-refractivity contribution in [2.24, 2.45) is 0 Å². The van der Waals surface area contributed by atoms with E-state index in [0.29, 0.717) is 0 Å². The van der Waals surface area contributed by atoms with E-state index >= 15 is 0 Å². The number of nitrogens with zero attached hydrogens (tertiary/aromatic N) is 2. The average Bonchev–Trinajstić information content (AvgIpc) is 3.17. The van der Waals surface area contributed by atoms with E-state index in [4.69, 9.17) is 4.98 Å². The Morgan fingerprint density at radius 1 is 1.39 bits per heavy atom. The molecule has 2 aromatic heterocycles. The topological polar surface area (TPSA) is 41.6 Å². The maximum absolute atomic E-state index is 4.77. The van der Waals surface area contributed by atoms with Gasteiger partial charge in [0.2, 0.25) is 0 Å². The van der Waals surface area contributed by atoms with Crippen molar-refractivity contribution in [2.45, 2.75) is 27.2 Å². The molecule has 5 heteroatoms. The molecule has 0 radical (unpaired) electrons. The van der Waals surface area contributed by atoms with Gasteiger partial charge in [0.1, 0.15) is 5.82 Å². The van der Waals surface area contributed by atoms with Gasteiger partial charge in [-0.2, -0.15) is 0 Å². The number of rotatable bonds is 5. The van der Waals surface area contributed by atoms with Gasteiger partial charge in [0.15, 0.2) is 0 Å². The highest BCUT2D eigenvalue weighted by molar-refractivity contribution is 8.10. The number of allylic oxidation sites excluding steroid dienone is 1. The lowest BCUT2D eigenvalue weighted by Gasteiger charge is -2.04. The highest BCUT2D eigenvalue weighted by Gasteiger charge is 2.15. The molecule has 23 heavy (non-hydrogen) atoms. The van der Waals surface area contributed by atoms with Gasteiger partial charge >= 0.3 is 0 Å². The smallest absolute Gasteiger partial charge is 0.107 e. The fourth-order valence-corrected chi connectivity index (χ4v) is 3.61. The van der Waals surface area contributed by atoms with Gasteiger partial charge < -0.3 is 4.98 Å². The number of thiazole rings is 1. The summed E-state index contributed by atoms with van der Waals surface area (Å²) in [5.74, 6) is 0.985. The molecular weight excluding hydrogens is 322 g/mol. The largest absolute Gasteiger partial charge is 0.341 e. The van der Waals surface area contributed by atoms with E-state index in [-0.39, 0.29) is 0 Å². The van der Waals surface area contributed by atoms with Gasteiger partial charge in [-0.25, -0.2) is 9.97 Å². The fourth-order valence-electron chi connectivity index (χ4n) is 2.25. The molecule has 1 aromatic carbocycles. The zero-order valence-electron chi connectivity index (χ0n) is 13.5. The molecule has 0 atom stereocenters. The molecule has 0 bridgehead atoms. The number of aryl methyl sites for hydroxylation is 1. The molecule has 0 unspecified atom stereocenters. The van der Waals surface area contributed by atoms with Crippen LogP contribution in [-0.2, 0) is 6.42 Å². The summed E-state index contributed by atoms with van der Waals surface area (Å²) in [6, 6.07) is 6.29. The van der Waals surface area contributed by atoms with E-state index in [2.05, 4.69) is 60.9 Å². The predicted molar refractivity (Wildman–Crippen MR) is 103 cm³/mol. The van der Waals surface area contributed by atoms with Crippen LogP contribution in [0.1, 0.15) is 32.3 Å². The van der Waals surface area contributed by atoms with E-state index < -0.39 is 0 Å². The molecule has 0 saturated heterocycles. The van der Waals surface area contributed by atoms with Gasteiger partial charge in [0.25, 0.3) is 0 Å². The second kappa shape index (κ2) is 6.72. The molecule has 0 aliphatic heterocycles. The Morgan fingerprint density at radius 3 is 2.96 bits per heavy atom. The number of hydrogen-bond acceptors (Lipinski definition) is 4. The Bertz CT molecular complexity index is 883. The minimum Gasteiger partial charge on any atom is -0.341 e. The predicted octanol–water partition coefficient (Wildman–Crippen LogP) is 5.88. The van der Waals surface area contributed by atoms with Crippen LogP contribution in [0.3, 0.4) is 0 Å². The van der Waals surface area contributed by atoms with Crippen LogP contribution in [0.15, 0.2) is 41.3 Å². The van der Waals surface area contributed by atoms with Gasteiger partial charge in [-0.1, -0.05) is 36.9 Å². The van der Waals surface area contributed by atoms with E-state index in [1.165, 1.54) is 10.3 Å². The first-order valence-electron chi connectivity index (χ1n) is 7.50. The summed E-state index contributed by atoms with van der Waals surface area (Å²) in [5.41, 5.74) is 7.25. The quantitative estimate of drug-likeness (QED) is 0.630. The van der Waals surface area contributed by atoms with Gasteiger partial charge in [-0.3, -0.25) is 0 Å². The van der Waals surface area contributed by atoms with Crippen molar-refractivity contribution < 1.29 is 0 Å². The molecule has 0 fully saturated rings. The number of aromatic amines is 1. The van der Waals surface area contributed by atoms with E-state index in [9.17, 15) is 0 Å². The SMILES string of the molecule is C=C(SC=C(C)C)c1[nH]c(CC)nc1-c1ccc2ncsc2c1. The highest BCUT2D eigenvalue weighted by atomic mass is 32.2. The van der Waals surface area contributed by atoms with E-state index in [1.54, 1.807) is 23.1 Å². The standard InChI is InChI=1S/C18H19N3S2/c1-5-16-20-17(12(4)22-9-11(2)3)18(21-16)13-6-7-14-15(8-13)23-10-19-14/h6-10H,4-5H2,1-3H3,(H,20,21). The number of nitrogens with one attached hydrogen (secondary N) is 1. The third-order valence-electron chi connectivity index (χ3n) is 3.41. The Kier molecular flexibility index (Phi) is 4.68. The minimum atomic E-state index is 0.871. The minimum absolute atomic E-state index is 0.871. The Morgan fingerprint density at radius 2 is 2.22 bits per heavy atom. The number of benzene rings is 1. The van der Waals surface area contributed by atoms with Crippen LogP contribution in [0.2, 0.25) is 0 Å². The van der Waals surface area contributed by atoms with Crippen LogP contribution >= 0.6 is 23.1 Å². The van der Waals surface area contributed by atoms with Crippen molar-refractivity contribution in [1.29, 1.82) is 0 Å². The second-order valence-electron chi connectivity index (χ2n) is 5.53. The summed E-state index contributed by atoms with van der Waals surface area (Å²) in [6.45, 7) is 10.5. The van der Waals surface area contributed by atoms with Crippen LogP contribution in [0.5, 0.6) is 0 Å². The molecule has 0 amide bonds. The van der Waals surface area contributed by atoms with Crippen molar-refractivity contribution in [3.8, 4) is 11.3 Å². The molecule has 3 rings (SSSR count). The molecule has 118 valence electrons. The first-order valence-corrected chi connectivity index (χ1v) is 9.26. The number of fused-ring (bicyclic) bond motifs is 1. The number of thioether (sulfide) groups is 1. The van der Waals surface area contributed by atoms with Gasteiger partial charge in [-0.15, -0.1) is 11.3 Å². The summed E-state index contributed by atoms with van der Waals surface area (Å²) in [5, 5.41) is 2.12. The normalized spacial score (nSPS) is 10.9. The van der Waals surface area contributed by atoms with Crippen LogP contribution in [-0.4, -0.2) is 15.0 Å². The summed E-state index contributed by atoms with van der Waals surface area (Å²) in [7, 11) is 0. The van der Waals surface area contributed by atoms with Gasteiger partial charge in [0.05, 0.1) is 27.1 Å². The Balaban J connectivity index is 2.05. The lowest BCUT2D eigenvalue weighted by molar-refractivity contribution is 0.988. The molecule has 0 saturated carbocycles. The number of hydrogen-bond donors (Lipinski definition) is 1. The van der Waals surface area contributed by atoms with Crippen molar-refractivity contribution in [3.05, 3.63) is 52.8 Å². The molecule has 0 spiro atoms.